The van der Waals surface area contributed by atoms with Crippen LogP contribution in [0.25, 0.3) is 0 Å². The molecule has 7 heteroatoms. The minimum atomic E-state index is -0.343. The van der Waals surface area contributed by atoms with Gasteiger partial charge in [-0.25, -0.2) is 0 Å². The average molecular weight is 311 g/mol. The van der Waals surface area contributed by atoms with Gasteiger partial charge in [0.25, 0.3) is 5.69 Å². The van der Waals surface area contributed by atoms with E-state index in [0.29, 0.717) is 23.6 Å². The fourth-order valence-corrected chi connectivity index (χ4v) is 2.98. The Morgan fingerprint density at radius 2 is 1.64 bits per heavy atom. The van der Waals surface area contributed by atoms with Crippen molar-refractivity contribution in [2.24, 2.45) is 0 Å². The third-order valence-electron chi connectivity index (χ3n) is 4.39. The van der Waals surface area contributed by atoms with Crippen molar-refractivity contribution in [2.45, 2.75) is 13.5 Å². The Morgan fingerprint density at radius 3 is 2.14 bits per heavy atom. The van der Waals surface area contributed by atoms with Crippen LogP contribution >= 0.6 is 0 Å². The molecule has 0 saturated carbocycles. The summed E-state index contributed by atoms with van der Waals surface area (Å²) in [6, 6.07) is 3.20. The number of ether oxygens (including phenoxy) is 2. The molecule has 122 valence electrons. The average Bonchev–Trinajstić information content (AvgIpc) is 2.54. The van der Waals surface area contributed by atoms with Crippen molar-refractivity contribution in [3.8, 4) is 11.5 Å². The highest BCUT2D eigenvalue weighted by molar-refractivity contribution is 5.54. The maximum Gasteiger partial charge on any atom is 0.282 e. The predicted octanol–water partition coefficient (Wildman–Crippen LogP) is -1.08. The Labute approximate surface area is 130 Å². The molecular formula is C15H25N3O4+2. The van der Waals surface area contributed by atoms with Crippen molar-refractivity contribution in [1.29, 1.82) is 0 Å². The van der Waals surface area contributed by atoms with Gasteiger partial charge in [-0.3, -0.25) is 10.1 Å². The molecule has 22 heavy (non-hydrogen) atoms. The maximum absolute atomic E-state index is 11.3. The first kappa shape index (κ1) is 16.5. The van der Waals surface area contributed by atoms with Gasteiger partial charge >= 0.3 is 0 Å². The first-order valence-electron chi connectivity index (χ1n) is 7.65. The molecule has 1 saturated heterocycles. The van der Waals surface area contributed by atoms with Gasteiger partial charge in [0.1, 0.15) is 32.7 Å². The third kappa shape index (κ3) is 3.66. The predicted molar refractivity (Wildman–Crippen MR) is 81.8 cm³/mol. The number of hydrogen-bond acceptors (Lipinski definition) is 4. The maximum atomic E-state index is 11.3. The molecule has 1 aliphatic heterocycles. The molecule has 1 aliphatic rings. The Morgan fingerprint density at radius 1 is 1.09 bits per heavy atom. The van der Waals surface area contributed by atoms with E-state index in [9.17, 15) is 10.1 Å². The number of nitrogens with zero attached hydrogens (tertiary/aromatic N) is 1. The molecule has 0 aromatic heterocycles. The van der Waals surface area contributed by atoms with Gasteiger partial charge in [0.15, 0.2) is 11.5 Å². The van der Waals surface area contributed by atoms with Crippen molar-refractivity contribution >= 4 is 5.69 Å². The lowest BCUT2D eigenvalue weighted by atomic mass is 10.1. The monoisotopic (exact) mass is 311 g/mol. The number of rotatable bonds is 6. The van der Waals surface area contributed by atoms with E-state index in [1.54, 1.807) is 18.1 Å². The first-order chi connectivity index (χ1) is 10.6. The fraction of sp³-hybridized carbons (Fsp3) is 0.600. The number of likely N-dealkylation sites (N-methyl/N-ethyl adjacent to an activating group) is 1. The van der Waals surface area contributed by atoms with E-state index in [1.165, 1.54) is 18.1 Å². The van der Waals surface area contributed by atoms with E-state index in [2.05, 4.69) is 6.92 Å². The molecule has 0 amide bonds. The van der Waals surface area contributed by atoms with Crippen LogP contribution in [0.15, 0.2) is 12.1 Å². The zero-order valence-corrected chi connectivity index (χ0v) is 13.5. The number of piperazine rings is 1. The van der Waals surface area contributed by atoms with Crippen LogP contribution in [0.3, 0.4) is 0 Å². The highest BCUT2D eigenvalue weighted by Gasteiger charge is 2.26. The molecule has 0 unspecified atom stereocenters. The Kier molecular flexibility index (Phi) is 5.57. The molecule has 1 aromatic rings. The number of quaternary nitrogens is 2. The highest BCUT2D eigenvalue weighted by atomic mass is 16.6. The van der Waals surface area contributed by atoms with Crippen LogP contribution < -0.4 is 19.3 Å². The van der Waals surface area contributed by atoms with Gasteiger partial charge < -0.3 is 19.3 Å². The minimum absolute atomic E-state index is 0.107. The molecule has 7 nitrogen and oxygen atoms in total. The van der Waals surface area contributed by atoms with Gasteiger partial charge in [-0.1, -0.05) is 0 Å². The van der Waals surface area contributed by atoms with Gasteiger partial charge in [0.2, 0.25) is 0 Å². The lowest BCUT2D eigenvalue weighted by molar-refractivity contribution is -1.02. The summed E-state index contributed by atoms with van der Waals surface area (Å²) in [4.78, 5) is 14.0. The standard InChI is InChI=1S/C15H23N3O4/c1-4-16-5-7-17(8-6-16)11-12-9-14(21-2)15(22-3)10-13(12)18(19)20/h9-10H,4-8,11H2,1-3H3/p+2. The van der Waals surface area contributed by atoms with E-state index >= 15 is 0 Å². The molecule has 2 rings (SSSR count). The van der Waals surface area contributed by atoms with E-state index in [1.807, 2.05) is 0 Å². The summed E-state index contributed by atoms with van der Waals surface area (Å²) >= 11 is 0. The fourth-order valence-electron chi connectivity index (χ4n) is 2.98. The van der Waals surface area contributed by atoms with Crippen LogP contribution in [-0.4, -0.2) is 51.9 Å². The van der Waals surface area contributed by atoms with Crippen molar-refractivity contribution in [3.05, 3.63) is 27.8 Å². The number of benzene rings is 1. The molecule has 2 N–H and O–H groups in total. The molecule has 0 bridgehead atoms. The molecule has 0 aliphatic carbocycles. The molecule has 0 radical (unpaired) electrons. The van der Waals surface area contributed by atoms with Gasteiger partial charge in [0, 0.05) is 0 Å². The van der Waals surface area contributed by atoms with Crippen LogP contribution in [0.5, 0.6) is 11.5 Å². The molecule has 1 fully saturated rings. The largest absolute Gasteiger partial charge is 0.493 e. The summed E-state index contributed by atoms with van der Waals surface area (Å²) in [5.74, 6) is 0.938. The van der Waals surface area contributed by atoms with E-state index < -0.39 is 0 Å². The summed E-state index contributed by atoms with van der Waals surface area (Å²) in [7, 11) is 3.03. The molecule has 0 atom stereocenters. The molecule has 1 heterocycles. The van der Waals surface area contributed by atoms with Gasteiger partial charge in [0.05, 0.1) is 37.3 Å². The van der Waals surface area contributed by atoms with Crippen LogP contribution in [0.1, 0.15) is 12.5 Å². The summed E-state index contributed by atoms with van der Waals surface area (Å²) in [6.45, 7) is 8.29. The van der Waals surface area contributed by atoms with Crippen LogP contribution in [0, 0.1) is 10.1 Å². The van der Waals surface area contributed by atoms with Crippen LogP contribution in [0.4, 0.5) is 5.69 Å². The van der Waals surface area contributed by atoms with Crippen molar-refractivity contribution < 1.29 is 24.2 Å². The number of nitro benzene ring substituents is 1. The van der Waals surface area contributed by atoms with E-state index in [-0.39, 0.29) is 10.6 Å². The normalized spacial score (nSPS) is 21.4. The molecular weight excluding hydrogens is 286 g/mol. The Balaban J connectivity index is 2.20. The lowest BCUT2D eigenvalue weighted by Crippen LogP contribution is -3.27. The summed E-state index contributed by atoms with van der Waals surface area (Å²) in [5, 5.41) is 11.3. The molecule has 0 spiro atoms. The number of nitrogens with one attached hydrogen (secondary N) is 2. The van der Waals surface area contributed by atoms with Crippen molar-refractivity contribution in [3.63, 3.8) is 0 Å². The highest BCUT2D eigenvalue weighted by Crippen LogP contribution is 2.34. The second-order valence-electron chi connectivity index (χ2n) is 5.62. The van der Waals surface area contributed by atoms with Crippen molar-refractivity contribution in [2.75, 3.05) is 46.9 Å². The number of hydrogen-bond donors (Lipinski definition) is 2. The Bertz CT molecular complexity index is 528. The summed E-state index contributed by atoms with van der Waals surface area (Å²) < 4.78 is 10.4. The molecule has 1 aromatic carbocycles. The van der Waals surface area contributed by atoms with Gasteiger partial charge in [-0.05, 0) is 13.0 Å². The van der Waals surface area contributed by atoms with E-state index in [4.69, 9.17) is 9.47 Å². The smallest absolute Gasteiger partial charge is 0.282 e. The summed E-state index contributed by atoms with van der Waals surface area (Å²) in [6.07, 6.45) is 0. The second kappa shape index (κ2) is 7.42. The lowest BCUT2D eigenvalue weighted by Gasteiger charge is -2.29. The van der Waals surface area contributed by atoms with E-state index in [0.717, 1.165) is 32.7 Å². The SMILES string of the molecule is CC[NH+]1CC[NH+](Cc2cc(OC)c(OC)cc2[N+](=O)[O-])CC1. The first-order valence-corrected chi connectivity index (χ1v) is 7.65. The quantitative estimate of drug-likeness (QED) is 0.518. The van der Waals surface area contributed by atoms with Crippen LogP contribution in [0.2, 0.25) is 0 Å². The van der Waals surface area contributed by atoms with Crippen LogP contribution in [-0.2, 0) is 6.54 Å². The second-order valence-corrected chi connectivity index (χ2v) is 5.62. The minimum Gasteiger partial charge on any atom is -0.493 e. The van der Waals surface area contributed by atoms with Gasteiger partial charge in [-0.2, -0.15) is 0 Å². The van der Waals surface area contributed by atoms with Crippen molar-refractivity contribution in [1.82, 2.24) is 0 Å². The zero-order valence-electron chi connectivity index (χ0n) is 13.5. The third-order valence-corrected chi connectivity index (χ3v) is 4.39. The Hall–Kier alpha value is -1.86. The summed E-state index contributed by atoms with van der Waals surface area (Å²) in [5.41, 5.74) is 0.813. The number of methoxy groups -OCH3 is 2. The van der Waals surface area contributed by atoms with Gasteiger partial charge in [-0.15, -0.1) is 0 Å². The number of nitro groups is 1. The topological polar surface area (TPSA) is 70.5 Å². The zero-order chi connectivity index (χ0) is 16.1.